The summed E-state index contributed by atoms with van der Waals surface area (Å²) in [7, 11) is 1.35. The van der Waals surface area contributed by atoms with E-state index >= 15 is 0 Å². The van der Waals surface area contributed by atoms with Gasteiger partial charge < -0.3 is 9.47 Å². The Bertz CT molecular complexity index is 162. The van der Waals surface area contributed by atoms with Crippen LogP contribution in [-0.2, 0) is 14.3 Å². The molecule has 0 saturated carbocycles. The molecule has 56 valence electrons. The van der Waals surface area contributed by atoms with Crippen molar-refractivity contribution in [2.75, 3.05) is 7.11 Å². The Labute approximate surface area is 59.6 Å². The van der Waals surface area contributed by atoms with Crippen molar-refractivity contribution in [3.63, 3.8) is 0 Å². The van der Waals surface area contributed by atoms with E-state index in [-0.39, 0.29) is 18.2 Å². The lowest BCUT2D eigenvalue weighted by molar-refractivity contribution is -0.134. The molecular formula is C7H10O3. The zero-order valence-electron chi connectivity index (χ0n) is 6.03. The van der Waals surface area contributed by atoms with Crippen molar-refractivity contribution >= 4 is 5.97 Å². The van der Waals surface area contributed by atoms with Gasteiger partial charge in [-0.15, -0.1) is 0 Å². The van der Waals surface area contributed by atoms with Crippen LogP contribution in [0.3, 0.4) is 0 Å². The quantitative estimate of drug-likeness (QED) is 0.320. The first-order valence-electron chi connectivity index (χ1n) is 3.15. The van der Waals surface area contributed by atoms with Gasteiger partial charge in [0.1, 0.15) is 6.10 Å². The minimum atomic E-state index is -0.331. The van der Waals surface area contributed by atoms with Crippen LogP contribution in [-0.4, -0.2) is 25.3 Å². The molecule has 10 heavy (non-hydrogen) atoms. The van der Waals surface area contributed by atoms with Gasteiger partial charge in [-0.25, -0.2) is 4.79 Å². The molecule has 0 aromatic carbocycles. The van der Waals surface area contributed by atoms with Gasteiger partial charge in [-0.05, 0) is 13.0 Å². The molecule has 0 spiro atoms. The maximum absolute atomic E-state index is 10.5. The Morgan fingerprint density at radius 2 is 2.30 bits per heavy atom. The SMILES string of the molecule is COC(=O)/C=C/[C@H]1O[C@H]1C. The Hall–Kier alpha value is -0.830. The van der Waals surface area contributed by atoms with Crippen LogP contribution in [0, 0.1) is 0 Å². The minimum Gasteiger partial charge on any atom is -0.466 e. The van der Waals surface area contributed by atoms with E-state index in [1.807, 2.05) is 6.92 Å². The van der Waals surface area contributed by atoms with Crippen LogP contribution < -0.4 is 0 Å². The molecule has 1 rings (SSSR count). The normalized spacial score (nSPS) is 30.6. The molecule has 0 aromatic heterocycles. The van der Waals surface area contributed by atoms with Crippen LogP contribution in [0.1, 0.15) is 6.92 Å². The van der Waals surface area contributed by atoms with Gasteiger partial charge in [-0.1, -0.05) is 0 Å². The molecule has 0 aromatic rings. The molecule has 0 radical (unpaired) electrons. The summed E-state index contributed by atoms with van der Waals surface area (Å²) >= 11 is 0. The van der Waals surface area contributed by atoms with Gasteiger partial charge in [0, 0.05) is 6.08 Å². The molecule has 1 saturated heterocycles. The monoisotopic (exact) mass is 142 g/mol. The number of hydrogen-bond acceptors (Lipinski definition) is 3. The second-order valence-corrected chi connectivity index (χ2v) is 2.19. The third kappa shape index (κ3) is 1.84. The number of hydrogen-bond donors (Lipinski definition) is 0. The summed E-state index contributed by atoms with van der Waals surface area (Å²) in [6.07, 6.45) is 3.48. The molecule has 0 N–H and O–H groups in total. The van der Waals surface area contributed by atoms with E-state index in [2.05, 4.69) is 4.74 Å². The minimum absolute atomic E-state index is 0.124. The maximum Gasteiger partial charge on any atom is 0.330 e. The fourth-order valence-electron chi connectivity index (χ4n) is 0.646. The van der Waals surface area contributed by atoms with Crippen molar-refractivity contribution in [3.05, 3.63) is 12.2 Å². The highest BCUT2D eigenvalue weighted by Crippen LogP contribution is 2.21. The highest BCUT2D eigenvalue weighted by Gasteiger charge is 2.31. The van der Waals surface area contributed by atoms with Crippen molar-refractivity contribution < 1.29 is 14.3 Å². The van der Waals surface area contributed by atoms with Gasteiger partial charge in [-0.2, -0.15) is 0 Å². The van der Waals surface area contributed by atoms with Gasteiger partial charge in [-0.3, -0.25) is 0 Å². The molecule has 1 heterocycles. The first kappa shape index (κ1) is 7.28. The van der Waals surface area contributed by atoms with E-state index in [4.69, 9.17) is 4.74 Å². The van der Waals surface area contributed by atoms with Crippen molar-refractivity contribution in [2.24, 2.45) is 0 Å². The number of epoxide rings is 1. The first-order valence-corrected chi connectivity index (χ1v) is 3.15. The molecular weight excluding hydrogens is 132 g/mol. The molecule has 0 aliphatic carbocycles. The molecule has 1 aliphatic heterocycles. The summed E-state index contributed by atoms with van der Waals surface area (Å²) in [6.45, 7) is 1.95. The van der Waals surface area contributed by atoms with Crippen LogP contribution in [0.25, 0.3) is 0 Å². The molecule has 0 amide bonds. The van der Waals surface area contributed by atoms with E-state index in [0.29, 0.717) is 0 Å². The number of carbonyl (C=O) groups is 1. The van der Waals surface area contributed by atoms with Crippen LogP contribution in [0.15, 0.2) is 12.2 Å². The zero-order valence-corrected chi connectivity index (χ0v) is 6.03. The van der Waals surface area contributed by atoms with Gasteiger partial charge in [0.05, 0.1) is 13.2 Å². The molecule has 3 nitrogen and oxygen atoms in total. The summed E-state index contributed by atoms with van der Waals surface area (Å²) in [5, 5.41) is 0. The van der Waals surface area contributed by atoms with Crippen LogP contribution in [0.4, 0.5) is 0 Å². The zero-order chi connectivity index (χ0) is 7.56. The molecule has 2 atom stereocenters. The van der Waals surface area contributed by atoms with E-state index in [0.717, 1.165) is 0 Å². The predicted molar refractivity (Wildman–Crippen MR) is 35.5 cm³/mol. The smallest absolute Gasteiger partial charge is 0.330 e. The van der Waals surface area contributed by atoms with E-state index in [1.165, 1.54) is 13.2 Å². The molecule has 1 fully saturated rings. The molecule has 3 heteroatoms. The standard InChI is InChI=1S/C7H10O3/c1-5-6(10-5)3-4-7(8)9-2/h3-6H,1-2H3/b4-3+/t5-,6+/m0/s1. The number of methoxy groups -OCH3 is 1. The molecule has 0 bridgehead atoms. The van der Waals surface area contributed by atoms with Crippen molar-refractivity contribution in [2.45, 2.75) is 19.1 Å². The number of rotatable bonds is 2. The highest BCUT2D eigenvalue weighted by molar-refractivity contribution is 5.81. The van der Waals surface area contributed by atoms with E-state index in [9.17, 15) is 4.79 Å². The van der Waals surface area contributed by atoms with Gasteiger partial charge in [0.25, 0.3) is 0 Å². The summed E-state index contributed by atoms with van der Waals surface area (Å²) < 4.78 is 9.40. The van der Waals surface area contributed by atoms with Gasteiger partial charge in [0.2, 0.25) is 0 Å². The van der Waals surface area contributed by atoms with Crippen LogP contribution in [0.5, 0.6) is 0 Å². The molecule has 1 aliphatic rings. The average molecular weight is 142 g/mol. The van der Waals surface area contributed by atoms with Gasteiger partial charge >= 0.3 is 5.97 Å². The second-order valence-electron chi connectivity index (χ2n) is 2.19. The summed E-state index contributed by atoms with van der Waals surface area (Å²) in [5.41, 5.74) is 0. The third-order valence-electron chi connectivity index (χ3n) is 1.38. The Morgan fingerprint density at radius 1 is 1.70 bits per heavy atom. The fraction of sp³-hybridized carbons (Fsp3) is 0.571. The predicted octanol–water partition coefficient (Wildman–Crippen LogP) is 0.503. The average Bonchev–Trinajstić information content (AvgIpc) is 2.61. The summed E-state index contributed by atoms with van der Waals surface area (Å²) in [4.78, 5) is 10.5. The van der Waals surface area contributed by atoms with Crippen molar-refractivity contribution in [3.8, 4) is 0 Å². The number of ether oxygens (including phenoxy) is 2. The number of esters is 1. The number of carbonyl (C=O) groups excluding carboxylic acids is 1. The third-order valence-corrected chi connectivity index (χ3v) is 1.38. The molecule has 0 unspecified atom stereocenters. The van der Waals surface area contributed by atoms with Gasteiger partial charge in [0.15, 0.2) is 0 Å². The lowest BCUT2D eigenvalue weighted by Gasteiger charge is -1.86. The van der Waals surface area contributed by atoms with Crippen molar-refractivity contribution in [1.82, 2.24) is 0 Å². The summed E-state index contributed by atoms with van der Waals surface area (Å²) in [5.74, 6) is -0.331. The highest BCUT2D eigenvalue weighted by atomic mass is 16.6. The Balaban J connectivity index is 2.23. The van der Waals surface area contributed by atoms with E-state index in [1.54, 1.807) is 6.08 Å². The summed E-state index contributed by atoms with van der Waals surface area (Å²) in [6, 6.07) is 0. The van der Waals surface area contributed by atoms with Crippen molar-refractivity contribution in [1.29, 1.82) is 0 Å². The Kier molecular flexibility index (Phi) is 2.06. The van der Waals surface area contributed by atoms with Crippen LogP contribution in [0.2, 0.25) is 0 Å². The largest absolute Gasteiger partial charge is 0.466 e. The lowest BCUT2D eigenvalue weighted by atomic mass is 10.3. The lowest BCUT2D eigenvalue weighted by Crippen LogP contribution is -1.95. The van der Waals surface area contributed by atoms with E-state index < -0.39 is 0 Å². The fourth-order valence-corrected chi connectivity index (χ4v) is 0.646. The Morgan fingerprint density at radius 3 is 2.70 bits per heavy atom. The topological polar surface area (TPSA) is 38.8 Å². The maximum atomic E-state index is 10.5. The second kappa shape index (κ2) is 2.84. The first-order chi connectivity index (χ1) is 4.74. The van der Waals surface area contributed by atoms with Crippen LogP contribution >= 0.6 is 0 Å².